The fourth-order valence-electron chi connectivity index (χ4n) is 6.39. The Labute approximate surface area is 241 Å². The second-order valence-electron chi connectivity index (χ2n) is 10.6. The molecule has 196 valence electrons. The lowest BCUT2D eigenvalue weighted by atomic mass is 10.0. The van der Waals surface area contributed by atoms with Gasteiger partial charge in [0.1, 0.15) is 5.58 Å². The summed E-state index contributed by atoms with van der Waals surface area (Å²) in [5.41, 5.74) is 8.82. The third kappa shape index (κ3) is 3.29. The molecule has 0 radical (unpaired) electrons. The second kappa shape index (κ2) is 8.88. The third-order valence-corrected chi connectivity index (χ3v) is 8.21. The van der Waals surface area contributed by atoms with Crippen molar-refractivity contribution in [3.8, 4) is 28.3 Å². The molecule has 9 rings (SSSR count). The average Bonchev–Trinajstić information content (AvgIpc) is 3.61. The molecule has 0 bridgehead atoms. The van der Waals surface area contributed by atoms with Gasteiger partial charge in [0.2, 0.25) is 0 Å². The maximum Gasteiger partial charge on any atom is 0.161 e. The topological polar surface area (TPSA) is 43.9 Å². The largest absolute Gasteiger partial charge is 0.454 e. The van der Waals surface area contributed by atoms with Crippen LogP contribution in [0.2, 0.25) is 0 Å². The predicted octanol–water partition coefficient (Wildman–Crippen LogP) is 9.96. The van der Waals surface area contributed by atoms with Gasteiger partial charge >= 0.3 is 0 Å². The molecule has 6 aromatic carbocycles. The summed E-state index contributed by atoms with van der Waals surface area (Å²) in [6, 6.07) is 48.2. The molecule has 0 atom stereocenters. The Balaban J connectivity index is 1.35. The van der Waals surface area contributed by atoms with E-state index in [2.05, 4.69) is 102 Å². The Morgan fingerprint density at radius 1 is 0.500 bits per heavy atom. The number of furan rings is 1. The van der Waals surface area contributed by atoms with Crippen LogP contribution in [0.15, 0.2) is 144 Å². The smallest absolute Gasteiger partial charge is 0.161 e. The van der Waals surface area contributed by atoms with Crippen molar-refractivity contribution in [1.82, 2.24) is 14.5 Å². The first-order valence-electron chi connectivity index (χ1n) is 14.1. The van der Waals surface area contributed by atoms with Crippen LogP contribution in [0.4, 0.5) is 0 Å². The van der Waals surface area contributed by atoms with Gasteiger partial charge in [0.25, 0.3) is 0 Å². The van der Waals surface area contributed by atoms with Crippen molar-refractivity contribution in [3.63, 3.8) is 0 Å². The Morgan fingerprint density at radius 3 is 1.93 bits per heavy atom. The van der Waals surface area contributed by atoms with Gasteiger partial charge in [0, 0.05) is 38.1 Å². The first-order chi connectivity index (χ1) is 20.8. The highest BCUT2D eigenvalue weighted by atomic mass is 16.3. The molecule has 9 aromatic rings. The molecular formula is C38H23N3O. The van der Waals surface area contributed by atoms with E-state index in [4.69, 9.17) is 14.4 Å². The van der Waals surface area contributed by atoms with Gasteiger partial charge in [-0.3, -0.25) is 0 Å². The lowest BCUT2D eigenvalue weighted by molar-refractivity contribution is 0.666. The molecule has 4 nitrogen and oxygen atoms in total. The minimum atomic E-state index is 0.683. The molecular weight excluding hydrogens is 514 g/mol. The molecule has 0 N–H and O–H groups in total. The molecule has 0 unspecified atom stereocenters. The predicted molar refractivity (Wildman–Crippen MR) is 172 cm³/mol. The van der Waals surface area contributed by atoms with Gasteiger partial charge in [-0.1, -0.05) is 109 Å². The highest BCUT2D eigenvalue weighted by Gasteiger charge is 2.20. The number of rotatable bonds is 3. The van der Waals surface area contributed by atoms with Crippen molar-refractivity contribution in [2.75, 3.05) is 0 Å². The number of nitrogens with zero attached hydrogens (tertiary/aromatic N) is 3. The van der Waals surface area contributed by atoms with Crippen molar-refractivity contribution >= 4 is 54.6 Å². The zero-order chi connectivity index (χ0) is 27.6. The first kappa shape index (κ1) is 23.0. The lowest BCUT2D eigenvalue weighted by Crippen LogP contribution is -1.95. The zero-order valence-corrected chi connectivity index (χ0v) is 22.5. The number of fused-ring (bicyclic) bond motifs is 7. The molecule has 0 fully saturated rings. The summed E-state index contributed by atoms with van der Waals surface area (Å²) in [7, 11) is 0. The van der Waals surface area contributed by atoms with Crippen LogP contribution < -0.4 is 0 Å². The van der Waals surface area contributed by atoms with Crippen LogP contribution in [-0.2, 0) is 0 Å². The quantitative estimate of drug-likeness (QED) is 0.225. The van der Waals surface area contributed by atoms with Crippen LogP contribution in [-0.4, -0.2) is 14.5 Å². The van der Waals surface area contributed by atoms with Crippen molar-refractivity contribution in [2.24, 2.45) is 0 Å². The monoisotopic (exact) mass is 537 g/mol. The summed E-state index contributed by atoms with van der Waals surface area (Å²) in [6.45, 7) is 0. The van der Waals surface area contributed by atoms with Crippen molar-refractivity contribution in [2.45, 2.75) is 0 Å². The van der Waals surface area contributed by atoms with Gasteiger partial charge in [-0.15, -0.1) is 0 Å². The molecule has 0 saturated heterocycles. The molecule has 3 heterocycles. The second-order valence-corrected chi connectivity index (χ2v) is 10.6. The Bertz CT molecular complexity index is 2420. The highest BCUT2D eigenvalue weighted by Crippen LogP contribution is 2.41. The standard InChI is InChI=1S/C38H23N3O/c1-2-12-24(13-3-1)36-27-16-4-7-19-30(27)39-38(40-36)29-18-11-23-34-35(29)28-17-10-22-33(37(28)42-34)41-31-20-8-5-14-25(31)26-15-6-9-21-32(26)41/h1-23H. The van der Waals surface area contributed by atoms with E-state index in [1.807, 2.05) is 42.5 Å². The van der Waals surface area contributed by atoms with Crippen molar-refractivity contribution < 1.29 is 4.42 Å². The zero-order valence-electron chi connectivity index (χ0n) is 22.5. The maximum atomic E-state index is 6.69. The number of benzene rings is 6. The molecule has 0 aliphatic heterocycles. The summed E-state index contributed by atoms with van der Waals surface area (Å²) in [6.07, 6.45) is 0. The number of hydrogen-bond donors (Lipinski definition) is 0. The van der Waals surface area contributed by atoms with Gasteiger partial charge in [-0.25, -0.2) is 9.97 Å². The van der Waals surface area contributed by atoms with Gasteiger partial charge < -0.3 is 8.98 Å². The fraction of sp³-hybridized carbons (Fsp3) is 0. The molecule has 0 aliphatic carbocycles. The van der Waals surface area contributed by atoms with Crippen LogP contribution in [0.3, 0.4) is 0 Å². The summed E-state index contributed by atoms with van der Waals surface area (Å²) < 4.78 is 9.01. The molecule has 42 heavy (non-hydrogen) atoms. The van der Waals surface area contributed by atoms with Gasteiger partial charge in [0.15, 0.2) is 11.4 Å². The van der Waals surface area contributed by atoms with Gasteiger partial charge in [0.05, 0.1) is 27.9 Å². The van der Waals surface area contributed by atoms with Gasteiger partial charge in [-0.05, 0) is 30.3 Å². The Kier molecular flexibility index (Phi) is 4.87. The van der Waals surface area contributed by atoms with E-state index >= 15 is 0 Å². The number of aromatic nitrogens is 3. The molecule has 0 spiro atoms. The Hall–Kier alpha value is -5.74. The maximum absolute atomic E-state index is 6.69. The summed E-state index contributed by atoms with van der Waals surface area (Å²) in [5.74, 6) is 0.683. The molecule has 4 heteroatoms. The van der Waals surface area contributed by atoms with Gasteiger partial charge in [-0.2, -0.15) is 0 Å². The van der Waals surface area contributed by atoms with Crippen molar-refractivity contribution in [3.05, 3.63) is 140 Å². The van der Waals surface area contributed by atoms with Crippen LogP contribution in [0.1, 0.15) is 0 Å². The highest BCUT2D eigenvalue weighted by molar-refractivity contribution is 6.16. The number of hydrogen-bond acceptors (Lipinski definition) is 3. The number of para-hydroxylation sites is 4. The molecule has 0 saturated carbocycles. The minimum Gasteiger partial charge on any atom is -0.454 e. The van der Waals surface area contributed by atoms with Crippen LogP contribution >= 0.6 is 0 Å². The van der Waals surface area contributed by atoms with E-state index in [1.165, 1.54) is 10.8 Å². The first-order valence-corrected chi connectivity index (χ1v) is 14.1. The van der Waals surface area contributed by atoms with E-state index in [1.54, 1.807) is 0 Å². The SMILES string of the molecule is c1ccc(-c2nc(-c3cccc4oc5c(-n6c7ccccc7c7ccccc76)cccc5c34)nc3ccccc23)cc1. The summed E-state index contributed by atoms with van der Waals surface area (Å²) in [5, 5.41) is 5.53. The molecule has 0 amide bonds. The molecule has 0 aliphatic rings. The van der Waals surface area contributed by atoms with E-state index in [0.29, 0.717) is 5.82 Å². The Morgan fingerprint density at radius 2 is 1.14 bits per heavy atom. The molecule has 3 aromatic heterocycles. The van der Waals surface area contributed by atoms with E-state index in [-0.39, 0.29) is 0 Å². The van der Waals surface area contributed by atoms with Crippen molar-refractivity contribution in [1.29, 1.82) is 0 Å². The normalized spacial score (nSPS) is 11.8. The summed E-state index contributed by atoms with van der Waals surface area (Å²) in [4.78, 5) is 10.2. The lowest BCUT2D eigenvalue weighted by Gasteiger charge is -2.10. The summed E-state index contributed by atoms with van der Waals surface area (Å²) >= 11 is 0. The minimum absolute atomic E-state index is 0.683. The van der Waals surface area contributed by atoms with E-state index in [0.717, 1.165) is 66.4 Å². The van der Waals surface area contributed by atoms with Crippen LogP contribution in [0.5, 0.6) is 0 Å². The average molecular weight is 538 g/mol. The van der Waals surface area contributed by atoms with Crippen LogP contribution in [0, 0.1) is 0 Å². The fourth-order valence-corrected chi connectivity index (χ4v) is 6.39. The van der Waals surface area contributed by atoms with E-state index in [9.17, 15) is 0 Å². The third-order valence-electron chi connectivity index (χ3n) is 8.21. The van der Waals surface area contributed by atoms with Crippen LogP contribution in [0.25, 0.3) is 83.0 Å². The van der Waals surface area contributed by atoms with E-state index < -0.39 is 0 Å².